The maximum absolute atomic E-state index is 12.9. The van der Waals surface area contributed by atoms with Gasteiger partial charge < -0.3 is 14.7 Å². The average molecular weight is 412 g/mol. The van der Waals surface area contributed by atoms with Crippen LogP contribution in [0.3, 0.4) is 0 Å². The lowest BCUT2D eigenvalue weighted by atomic mass is 10.1. The molecule has 0 amide bonds. The van der Waals surface area contributed by atoms with Gasteiger partial charge in [-0.25, -0.2) is 9.97 Å². The summed E-state index contributed by atoms with van der Waals surface area (Å²) in [5.41, 5.74) is 6.42. The number of hydrogen-bond acceptors (Lipinski definition) is 5. The van der Waals surface area contributed by atoms with Gasteiger partial charge in [0, 0.05) is 24.0 Å². The molecule has 0 fully saturated rings. The van der Waals surface area contributed by atoms with E-state index in [1.807, 2.05) is 0 Å². The largest absolute Gasteiger partial charge is 0.463 e. The van der Waals surface area contributed by atoms with Crippen molar-refractivity contribution in [1.29, 1.82) is 0 Å². The molecule has 152 valence electrons. The highest BCUT2D eigenvalue weighted by Gasteiger charge is 2.30. The number of nitrogens with two attached hydrogens (primary N) is 1. The number of rotatable bonds is 4. The van der Waals surface area contributed by atoms with Crippen molar-refractivity contribution in [3.8, 4) is 22.6 Å². The van der Waals surface area contributed by atoms with Crippen LogP contribution in [0.25, 0.3) is 22.6 Å². The minimum absolute atomic E-state index is 0.00626. The van der Waals surface area contributed by atoms with Gasteiger partial charge in [0.1, 0.15) is 5.69 Å². The van der Waals surface area contributed by atoms with Crippen LogP contribution in [0.4, 0.5) is 19.1 Å². The maximum atomic E-state index is 12.9. The molecule has 1 aromatic carbocycles. The van der Waals surface area contributed by atoms with Gasteiger partial charge in [0.15, 0.2) is 5.76 Å². The number of pyridine rings is 1. The van der Waals surface area contributed by atoms with E-state index in [1.165, 1.54) is 35.4 Å². The van der Waals surface area contributed by atoms with Crippen LogP contribution >= 0.6 is 0 Å². The molecular formula is C21H15F3N4O2. The van der Waals surface area contributed by atoms with Gasteiger partial charge in [-0.2, -0.15) is 13.2 Å². The lowest BCUT2D eigenvalue weighted by Gasteiger charge is -2.11. The molecule has 4 aromatic rings. The van der Waals surface area contributed by atoms with Gasteiger partial charge in [-0.15, -0.1) is 0 Å². The second-order valence-electron chi connectivity index (χ2n) is 6.55. The zero-order valence-corrected chi connectivity index (χ0v) is 15.4. The monoisotopic (exact) mass is 412 g/mol. The molecule has 0 bridgehead atoms. The van der Waals surface area contributed by atoms with E-state index >= 15 is 0 Å². The fourth-order valence-corrected chi connectivity index (χ4v) is 3.06. The molecule has 0 spiro atoms. The standard InChI is InChI=1S/C21H15F3N4O2/c22-21(23,24)15-4-1-3-13(9-15)12-28-7-6-14(10-18(28)29)16-11-26-20(25)27-19(16)17-5-2-8-30-17/h1-11H,12H2,(H2,25,26,27). The first kappa shape index (κ1) is 19.4. The average Bonchev–Trinajstić information content (AvgIpc) is 3.24. The molecule has 2 N–H and O–H groups in total. The lowest BCUT2D eigenvalue weighted by Crippen LogP contribution is -2.19. The van der Waals surface area contributed by atoms with E-state index in [0.717, 1.165) is 12.1 Å². The van der Waals surface area contributed by atoms with Crippen molar-refractivity contribution in [3.05, 3.63) is 88.7 Å². The minimum atomic E-state index is -4.44. The molecule has 0 aliphatic heterocycles. The van der Waals surface area contributed by atoms with Crippen molar-refractivity contribution >= 4 is 5.95 Å². The number of hydrogen-bond donors (Lipinski definition) is 1. The molecule has 4 rings (SSSR count). The van der Waals surface area contributed by atoms with Crippen molar-refractivity contribution in [1.82, 2.24) is 14.5 Å². The van der Waals surface area contributed by atoms with Gasteiger partial charge in [-0.05, 0) is 41.5 Å². The van der Waals surface area contributed by atoms with E-state index in [0.29, 0.717) is 28.1 Å². The molecule has 0 unspecified atom stereocenters. The number of furan rings is 1. The van der Waals surface area contributed by atoms with E-state index in [2.05, 4.69) is 9.97 Å². The van der Waals surface area contributed by atoms with Gasteiger partial charge >= 0.3 is 6.18 Å². The summed E-state index contributed by atoms with van der Waals surface area (Å²) in [5, 5.41) is 0. The zero-order valence-electron chi connectivity index (χ0n) is 15.4. The summed E-state index contributed by atoms with van der Waals surface area (Å²) in [5.74, 6) is 0.523. The molecule has 0 aliphatic carbocycles. The molecule has 30 heavy (non-hydrogen) atoms. The van der Waals surface area contributed by atoms with E-state index in [1.54, 1.807) is 24.3 Å². The fraction of sp³-hybridized carbons (Fsp3) is 0.0952. The van der Waals surface area contributed by atoms with Crippen molar-refractivity contribution in [2.75, 3.05) is 5.73 Å². The molecule has 3 heterocycles. The molecule has 0 atom stereocenters. The van der Waals surface area contributed by atoms with Crippen LogP contribution in [0.1, 0.15) is 11.1 Å². The highest BCUT2D eigenvalue weighted by Crippen LogP contribution is 2.31. The number of aromatic nitrogens is 3. The molecule has 6 nitrogen and oxygen atoms in total. The van der Waals surface area contributed by atoms with Crippen LogP contribution in [0.5, 0.6) is 0 Å². The van der Waals surface area contributed by atoms with Crippen molar-refractivity contribution < 1.29 is 17.6 Å². The second kappa shape index (κ2) is 7.51. The van der Waals surface area contributed by atoms with Crippen LogP contribution in [0.15, 0.2) is 76.4 Å². The van der Waals surface area contributed by atoms with Gasteiger partial charge in [0.05, 0.1) is 18.4 Å². The Morgan fingerprint density at radius 3 is 2.63 bits per heavy atom. The van der Waals surface area contributed by atoms with E-state index < -0.39 is 11.7 Å². The smallest absolute Gasteiger partial charge is 0.416 e. The number of nitrogens with zero attached hydrogens (tertiary/aromatic N) is 3. The third-order valence-electron chi connectivity index (χ3n) is 4.48. The summed E-state index contributed by atoms with van der Waals surface area (Å²) in [4.78, 5) is 20.8. The maximum Gasteiger partial charge on any atom is 0.416 e. The Morgan fingerprint density at radius 2 is 1.93 bits per heavy atom. The van der Waals surface area contributed by atoms with Crippen LogP contribution in [-0.2, 0) is 12.7 Å². The Bertz CT molecular complexity index is 1250. The Morgan fingerprint density at radius 1 is 1.10 bits per heavy atom. The lowest BCUT2D eigenvalue weighted by molar-refractivity contribution is -0.137. The Labute approximate surface area is 168 Å². The fourth-order valence-electron chi connectivity index (χ4n) is 3.06. The van der Waals surface area contributed by atoms with Crippen molar-refractivity contribution in [2.24, 2.45) is 0 Å². The summed E-state index contributed by atoms with van der Waals surface area (Å²) in [6.07, 6.45) is 0.0546. The third kappa shape index (κ3) is 3.95. The van der Waals surface area contributed by atoms with Crippen LogP contribution in [-0.4, -0.2) is 14.5 Å². The number of anilines is 1. The van der Waals surface area contributed by atoms with E-state index in [4.69, 9.17) is 10.2 Å². The number of benzene rings is 1. The summed E-state index contributed by atoms with van der Waals surface area (Å²) in [6.45, 7) is 0.00626. The topological polar surface area (TPSA) is 86.9 Å². The molecule has 3 aromatic heterocycles. The van der Waals surface area contributed by atoms with Crippen LogP contribution in [0, 0.1) is 0 Å². The highest BCUT2D eigenvalue weighted by molar-refractivity contribution is 5.78. The van der Waals surface area contributed by atoms with Gasteiger partial charge in [0.25, 0.3) is 5.56 Å². The number of alkyl halides is 3. The summed E-state index contributed by atoms with van der Waals surface area (Å²) in [7, 11) is 0. The number of nitrogen functional groups attached to an aromatic ring is 1. The zero-order chi connectivity index (χ0) is 21.3. The normalized spacial score (nSPS) is 11.6. The first-order valence-electron chi connectivity index (χ1n) is 8.84. The number of halogens is 3. The van der Waals surface area contributed by atoms with Gasteiger partial charge in [0.2, 0.25) is 5.95 Å². The second-order valence-corrected chi connectivity index (χ2v) is 6.55. The molecule has 0 saturated heterocycles. The van der Waals surface area contributed by atoms with Gasteiger partial charge in [-0.3, -0.25) is 4.79 Å². The first-order valence-corrected chi connectivity index (χ1v) is 8.84. The van der Waals surface area contributed by atoms with Gasteiger partial charge in [-0.1, -0.05) is 12.1 Å². The molecule has 0 saturated carbocycles. The summed E-state index contributed by atoms with van der Waals surface area (Å²) < 4.78 is 45.4. The quantitative estimate of drug-likeness (QED) is 0.543. The summed E-state index contributed by atoms with van der Waals surface area (Å²) >= 11 is 0. The third-order valence-corrected chi connectivity index (χ3v) is 4.48. The highest BCUT2D eigenvalue weighted by atomic mass is 19.4. The molecule has 0 radical (unpaired) electrons. The van der Waals surface area contributed by atoms with Crippen molar-refractivity contribution in [2.45, 2.75) is 12.7 Å². The van der Waals surface area contributed by atoms with Crippen LogP contribution < -0.4 is 11.3 Å². The Hall–Kier alpha value is -3.88. The Kier molecular flexibility index (Phi) is 4.86. The van der Waals surface area contributed by atoms with Crippen LogP contribution in [0.2, 0.25) is 0 Å². The first-order chi connectivity index (χ1) is 14.3. The van der Waals surface area contributed by atoms with E-state index in [9.17, 15) is 18.0 Å². The van der Waals surface area contributed by atoms with Crippen molar-refractivity contribution in [3.63, 3.8) is 0 Å². The minimum Gasteiger partial charge on any atom is -0.463 e. The molecule has 0 aliphatic rings. The SMILES string of the molecule is Nc1ncc(-c2ccn(Cc3cccc(C(F)(F)F)c3)c(=O)c2)c(-c2ccco2)n1. The predicted octanol–water partition coefficient (Wildman–Crippen LogP) is 4.21. The predicted molar refractivity (Wildman–Crippen MR) is 104 cm³/mol. The summed E-state index contributed by atoms with van der Waals surface area (Å²) in [6, 6.07) is 11.3. The molecule has 9 heteroatoms. The molecular weight excluding hydrogens is 397 g/mol. The van der Waals surface area contributed by atoms with E-state index in [-0.39, 0.29) is 18.1 Å². The Balaban J connectivity index is 1.68.